The molecule has 0 spiro atoms. The van der Waals surface area contributed by atoms with E-state index in [2.05, 4.69) is 20.1 Å². The zero-order valence-electron chi connectivity index (χ0n) is 13.9. The number of rotatable bonds is 4. The van der Waals surface area contributed by atoms with Crippen LogP contribution in [0.15, 0.2) is 24.4 Å². The van der Waals surface area contributed by atoms with Crippen LogP contribution in [0.25, 0.3) is 0 Å². The molecule has 2 fully saturated rings. The Morgan fingerprint density at radius 1 is 1.42 bits per heavy atom. The molecule has 2 aromatic heterocycles. The molecule has 0 aromatic carbocycles. The number of nitrogens with zero attached hydrogens (tertiary/aromatic N) is 4. The molecule has 2 aromatic rings. The summed E-state index contributed by atoms with van der Waals surface area (Å²) in [5.41, 5.74) is -0.00635. The molecule has 2 atom stereocenters. The lowest BCUT2D eigenvalue weighted by Crippen LogP contribution is -2.57. The van der Waals surface area contributed by atoms with Crippen LogP contribution < -0.4 is 9.64 Å². The van der Waals surface area contributed by atoms with Crippen molar-refractivity contribution in [1.29, 1.82) is 0 Å². The van der Waals surface area contributed by atoms with Crippen molar-refractivity contribution in [3.63, 3.8) is 0 Å². The molecular formula is C17H22N4O2S. The summed E-state index contributed by atoms with van der Waals surface area (Å²) in [5.74, 6) is 0.681. The summed E-state index contributed by atoms with van der Waals surface area (Å²) < 4.78 is 12.1. The summed E-state index contributed by atoms with van der Waals surface area (Å²) in [6.07, 6.45) is 5.20. The van der Waals surface area contributed by atoms with Crippen molar-refractivity contribution < 1.29 is 9.47 Å². The fraction of sp³-hybridized carbons (Fsp3) is 0.588. The maximum Gasteiger partial charge on any atom is 0.213 e. The Kier molecular flexibility index (Phi) is 4.37. The molecule has 24 heavy (non-hydrogen) atoms. The zero-order valence-corrected chi connectivity index (χ0v) is 14.7. The Morgan fingerprint density at radius 2 is 2.38 bits per heavy atom. The van der Waals surface area contributed by atoms with E-state index < -0.39 is 0 Å². The van der Waals surface area contributed by atoms with Crippen molar-refractivity contribution in [2.45, 2.75) is 32.3 Å². The molecule has 0 N–H and O–H groups in total. The molecule has 2 saturated heterocycles. The summed E-state index contributed by atoms with van der Waals surface area (Å²) in [5, 5.41) is 10.5. The van der Waals surface area contributed by atoms with Gasteiger partial charge in [-0.25, -0.2) is 4.98 Å². The monoisotopic (exact) mass is 346 g/mol. The molecule has 128 valence electrons. The van der Waals surface area contributed by atoms with Gasteiger partial charge in [0.2, 0.25) is 11.0 Å². The van der Waals surface area contributed by atoms with E-state index in [0.717, 1.165) is 49.1 Å². The van der Waals surface area contributed by atoms with E-state index in [1.54, 1.807) is 17.5 Å². The van der Waals surface area contributed by atoms with E-state index in [0.29, 0.717) is 12.5 Å². The lowest BCUT2D eigenvalue weighted by Gasteiger charge is -2.49. The number of anilines is 1. The Balaban J connectivity index is 1.53. The molecule has 7 heteroatoms. The Morgan fingerprint density at radius 3 is 3.17 bits per heavy atom. The molecule has 0 bridgehead atoms. The number of aromatic nitrogens is 3. The third-order valence-corrected chi connectivity index (χ3v) is 5.82. The second-order valence-corrected chi connectivity index (χ2v) is 7.76. The minimum atomic E-state index is -0.00635. The fourth-order valence-electron chi connectivity index (χ4n) is 3.73. The van der Waals surface area contributed by atoms with Crippen LogP contribution in [-0.2, 0) is 4.74 Å². The predicted molar refractivity (Wildman–Crippen MR) is 92.6 cm³/mol. The van der Waals surface area contributed by atoms with Crippen molar-refractivity contribution in [2.75, 3.05) is 31.2 Å². The Bertz CT molecular complexity index is 680. The van der Waals surface area contributed by atoms with E-state index in [1.165, 1.54) is 0 Å². The second-order valence-electron chi connectivity index (χ2n) is 6.60. The van der Waals surface area contributed by atoms with Crippen LogP contribution in [0.3, 0.4) is 0 Å². The molecule has 4 rings (SSSR count). The number of fused-ring (bicyclic) bond motifs is 1. The maximum absolute atomic E-state index is 6.10. The molecule has 2 aliphatic heterocycles. The highest BCUT2D eigenvalue weighted by Crippen LogP contribution is 2.42. The van der Waals surface area contributed by atoms with Crippen LogP contribution in [0, 0.1) is 12.3 Å². The first-order chi connectivity index (χ1) is 11.8. The molecule has 0 aliphatic carbocycles. The minimum absolute atomic E-state index is 0.00635. The summed E-state index contributed by atoms with van der Waals surface area (Å²) in [7, 11) is 0. The number of hydrogen-bond acceptors (Lipinski definition) is 7. The van der Waals surface area contributed by atoms with Gasteiger partial charge >= 0.3 is 0 Å². The Hall–Kier alpha value is -1.73. The number of ether oxygens (including phenoxy) is 2. The van der Waals surface area contributed by atoms with Crippen LogP contribution in [0.5, 0.6) is 5.88 Å². The standard InChI is InChI=1S/C17H22N4O2S/c1-13-19-20-16(24-13)21-9-6-14-17(11-21,7-4-10-22-14)12-23-15-5-2-3-8-18-15/h2-3,5,8,14H,4,6-7,9-12H2,1H3/t14-,17+/m0/s1. The second kappa shape index (κ2) is 6.64. The molecule has 0 radical (unpaired) electrons. The topological polar surface area (TPSA) is 60.4 Å². The third kappa shape index (κ3) is 3.10. The van der Waals surface area contributed by atoms with Crippen molar-refractivity contribution in [3.05, 3.63) is 29.4 Å². The van der Waals surface area contributed by atoms with Crippen molar-refractivity contribution in [2.24, 2.45) is 5.41 Å². The van der Waals surface area contributed by atoms with E-state index >= 15 is 0 Å². The van der Waals surface area contributed by atoms with Gasteiger partial charge in [0.15, 0.2) is 0 Å². The van der Waals surface area contributed by atoms with E-state index in [1.807, 2.05) is 25.1 Å². The van der Waals surface area contributed by atoms with E-state index in [9.17, 15) is 0 Å². The first kappa shape index (κ1) is 15.8. The average molecular weight is 346 g/mol. The van der Waals surface area contributed by atoms with Crippen LogP contribution >= 0.6 is 11.3 Å². The predicted octanol–water partition coefficient (Wildman–Crippen LogP) is 2.70. The molecule has 0 unspecified atom stereocenters. The lowest BCUT2D eigenvalue weighted by molar-refractivity contribution is -0.110. The molecular weight excluding hydrogens is 324 g/mol. The van der Waals surface area contributed by atoms with Crippen LogP contribution in [-0.4, -0.2) is 47.6 Å². The minimum Gasteiger partial charge on any atom is -0.477 e. The smallest absolute Gasteiger partial charge is 0.213 e. The van der Waals surface area contributed by atoms with Crippen LogP contribution in [0.1, 0.15) is 24.3 Å². The number of aryl methyl sites for hydroxylation is 1. The SMILES string of the molecule is Cc1nnc(N2CC[C@@H]3OCCC[C@]3(COc3ccccn3)C2)s1. The van der Waals surface area contributed by atoms with Crippen LogP contribution in [0.4, 0.5) is 5.13 Å². The largest absolute Gasteiger partial charge is 0.477 e. The lowest BCUT2D eigenvalue weighted by atomic mass is 9.73. The van der Waals surface area contributed by atoms with Crippen LogP contribution in [0.2, 0.25) is 0 Å². The number of hydrogen-bond donors (Lipinski definition) is 0. The first-order valence-corrected chi connectivity index (χ1v) is 9.27. The molecule has 4 heterocycles. The van der Waals surface area contributed by atoms with Gasteiger partial charge in [-0.2, -0.15) is 0 Å². The summed E-state index contributed by atoms with van der Waals surface area (Å²) in [4.78, 5) is 6.63. The van der Waals surface area contributed by atoms with E-state index in [4.69, 9.17) is 9.47 Å². The van der Waals surface area contributed by atoms with Gasteiger partial charge in [-0.15, -0.1) is 10.2 Å². The summed E-state index contributed by atoms with van der Waals surface area (Å²) in [6.45, 7) is 5.35. The van der Waals surface area contributed by atoms with Crippen molar-refractivity contribution >= 4 is 16.5 Å². The van der Waals surface area contributed by atoms with Gasteiger partial charge in [-0.05, 0) is 32.3 Å². The molecule has 0 amide bonds. The molecule has 2 aliphatic rings. The quantitative estimate of drug-likeness (QED) is 0.848. The van der Waals surface area contributed by atoms with Gasteiger partial charge in [-0.3, -0.25) is 0 Å². The van der Waals surface area contributed by atoms with Gasteiger partial charge in [0.25, 0.3) is 0 Å². The highest BCUT2D eigenvalue weighted by molar-refractivity contribution is 7.15. The van der Waals surface area contributed by atoms with Gasteiger partial charge in [0, 0.05) is 37.4 Å². The first-order valence-electron chi connectivity index (χ1n) is 8.46. The average Bonchev–Trinajstić information content (AvgIpc) is 3.07. The Labute approximate surface area is 145 Å². The normalized spacial score (nSPS) is 26.9. The van der Waals surface area contributed by atoms with E-state index in [-0.39, 0.29) is 11.5 Å². The highest BCUT2D eigenvalue weighted by Gasteiger charge is 2.47. The summed E-state index contributed by atoms with van der Waals surface area (Å²) in [6, 6.07) is 5.76. The van der Waals surface area contributed by atoms with Gasteiger partial charge < -0.3 is 14.4 Å². The highest BCUT2D eigenvalue weighted by atomic mass is 32.1. The molecule has 6 nitrogen and oxygen atoms in total. The van der Waals surface area contributed by atoms with Crippen molar-refractivity contribution in [3.8, 4) is 5.88 Å². The zero-order chi connectivity index (χ0) is 16.4. The molecule has 0 saturated carbocycles. The maximum atomic E-state index is 6.10. The summed E-state index contributed by atoms with van der Waals surface area (Å²) >= 11 is 1.66. The van der Waals surface area contributed by atoms with Gasteiger partial charge in [-0.1, -0.05) is 17.4 Å². The number of piperidine rings is 1. The van der Waals surface area contributed by atoms with Crippen molar-refractivity contribution in [1.82, 2.24) is 15.2 Å². The number of pyridine rings is 1. The van der Waals surface area contributed by atoms with Gasteiger partial charge in [0.1, 0.15) is 5.01 Å². The third-order valence-electron chi connectivity index (χ3n) is 4.92. The van der Waals surface area contributed by atoms with Gasteiger partial charge in [0.05, 0.1) is 12.7 Å². The fourth-order valence-corrected chi connectivity index (χ4v) is 4.44.